The van der Waals surface area contributed by atoms with Crippen LogP contribution in [0.25, 0.3) is 0 Å². The van der Waals surface area contributed by atoms with E-state index in [1.54, 1.807) is 6.92 Å². The van der Waals surface area contributed by atoms with Gasteiger partial charge < -0.3 is 0 Å². The standard InChI is InChI=1S/C7H12Cl2N2O2/c1-5(11(9)7(3)13)4-10(8)6(2)12/h5H,4H2,1-3H3. The maximum Gasteiger partial charge on any atom is 0.234 e. The van der Waals surface area contributed by atoms with Crippen LogP contribution in [0.2, 0.25) is 0 Å². The first kappa shape index (κ1) is 12.5. The smallest absolute Gasteiger partial charge is 0.234 e. The van der Waals surface area contributed by atoms with Gasteiger partial charge in [0.1, 0.15) is 0 Å². The summed E-state index contributed by atoms with van der Waals surface area (Å²) in [4.78, 5) is 21.5. The molecule has 0 saturated heterocycles. The molecule has 0 aromatic rings. The second kappa shape index (κ2) is 5.29. The minimum absolute atomic E-state index is 0.208. The molecular weight excluding hydrogens is 215 g/mol. The Morgan fingerprint density at radius 3 is 2.00 bits per heavy atom. The fourth-order valence-corrected chi connectivity index (χ4v) is 1.00. The summed E-state index contributed by atoms with van der Waals surface area (Å²) < 4.78 is 2.00. The quantitative estimate of drug-likeness (QED) is 0.683. The molecule has 0 spiro atoms. The van der Waals surface area contributed by atoms with Crippen molar-refractivity contribution in [1.29, 1.82) is 0 Å². The van der Waals surface area contributed by atoms with Gasteiger partial charge in [-0.1, -0.05) is 0 Å². The minimum Gasteiger partial charge on any atom is -0.274 e. The van der Waals surface area contributed by atoms with Gasteiger partial charge >= 0.3 is 0 Å². The molecule has 4 nitrogen and oxygen atoms in total. The molecule has 1 unspecified atom stereocenters. The highest BCUT2D eigenvalue weighted by atomic mass is 35.5. The molecule has 0 N–H and O–H groups in total. The van der Waals surface area contributed by atoms with Crippen LogP contribution in [0.3, 0.4) is 0 Å². The van der Waals surface area contributed by atoms with Gasteiger partial charge in [-0.2, -0.15) is 0 Å². The van der Waals surface area contributed by atoms with Crippen molar-refractivity contribution < 1.29 is 9.59 Å². The second-order valence-electron chi connectivity index (χ2n) is 2.74. The lowest BCUT2D eigenvalue weighted by atomic mass is 10.3. The summed E-state index contributed by atoms with van der Waals surface area (Å²) in [5.74, 6) is -0.551. The van der Waals surface area contributed by atoms with E-state index in [1.165, 1.54) is 13.8 Å². The molecule has 0 bridgehead atoms. The van der Waals surface area contributed by atoms with Crippen LogP contribution in [-0.2, 0) is 9.59 Å². The summed E-state index contributed by atoms with van der Waals surface area (Å²) >= 11 is 11.1. The van der Waals surface area contributed by atoms with Crippen molar-refractivity contribution in [2.24, 2.45) is 0 Å². The van der Waals surface area contributed by atoms with Gasteiger partial charge in [-0.15, -0.1) is 0 Å². The Labute approximate surface area is 87.6 Å². The molecule has 6 heteroatoms. The Bertz CT molecular complexity index is 211. The van der Waals surface area contributed by atoms with Crippen LogP contribution in [0.5, 0.6) is 0 Å². The highest BCUT2D eigenvalue weighted by Gasteiger charge is 2.18. The Kier molecular flexibility index (Phi) is 5.10. The minimum atomic E-state index is -0.305. The van der Waals surface area contributed by atoms with Crippen molar-refractivity contribution >= 4 is 35.4 Å². The van der Waals surface area contributed by atoms with Crippen LogP contribution in [0.4, 0.5) is 0 Å². The van der Waals surface area contributed by atoms with Crippen molar-refractivity contribution in [2.45, 2.75) is 26.8 Å². The Morgan fingerprint density at radius 1 is 1.23 bits per heavy atom. The number of hydrogen-bond donors (Lipinski definition) is 0. The van der Waals surface area contributed by atoms with E-state index in [0.29, 0.717) is 0 Å². The molecule has 0 aromatic heterocycles. The number of hydrogen-bond acceptors (Lipinski definition) is 2. The molecule has 0 aliphatic rings. The van der Waals surface area contributed by atoms with Gasteiger partial charge in [0.25, 0.3) is 0 Å². The molecule has 76 valence electrons. The fraction of sp³-hybridized carbons (Fsp3) is 0.714. The van der Waals surface area contributed by atoms with E-state index < -0.39 is 0 Å². The summed E-state index contributed by atoms with van der Waals surface area (Å²) in [6, 6.07) is -0.305. The summed E-state index contributed by atoms with van der Waals surface area (Å²) in [6.07, 6.45) is 0. The van der Waals surface area contributed by atoms with E-state index in [9.17, 15) is 9.59 Å². The third kappa shape index (κ3) is 4.33. The second-order valence-corrected chi connectivity index (χ2v) is 3.52. The average molecular weight is 227 g/mol. The molecule has 13 heavy (non-hydrogen) atoms. The van der Waals surface area contributed by atoms with Gasteiger partial charge in [0.15, 0.2) is 0 Å². The first-order valence-electron chi connectivity index (χ1n) is 3.75. The number of nitrogens with zero attached hydrogens (tertiary/aromatic N) is 2. The molecule has 0 fully saturated rings. The van der Waals surface area contributed by atoms with Crippen molar-refractivity contribution in [1.82, 2.24) is 8.84 Å². The van der Waals surface area contributed by atoms with Crippen LogP contribution in [-0.4, -0.2) is 33.2 Å². The predicted octanol–water partition coefficient (Wildman–Crippen LogP) is 1.38. The largest absolute Gasteiger partial charge is 0.274 e. The third-order valence-corrected chi connectivity index (χ3v) is 2.40. The monoisotopic (exact) mass is 226 g/mol. The molecule has 0 radical (unpaired) electrons. The number of halogens is 2. The lowest BCUT2D eigenvalue weighted by Crippen LogP contribution is -2.37. The van der Waals surface area contributed by atoms with Crippen molar-refractivity contribution in [2.75, 3.05) is 6.54 Å². The van der Waals surface area contributed by atoms with Gasteiger partial charge in [-0.3, -0.25) is 18.4 Å². The van der Waals surface area contributed by atoms with Crippen LogP contribution in [0.15, 0.2) is 0 Å². The van der Waals surface area contributed by atoms with Gasteiger partial charge in [-0.25, -0.2) is 0 Å². The normalized spacial score (nSPS) is 12.1. The Hall–Kier alpha value is -0.480. The van der Waals surface area contributed by atoms with E-state index in [0.717, 1.165) is 8.84 Å². The molecule has 0 aliphatic carbocycles. The maximum atomic E-state index is 10.8. The highest BCUT2D eigenvalue weighted by Crippen LogP contribution is 2.07. The lowest BCUT2D eigenvalue weighted by molar-refractivity contribution is -0.128. The van der Waals surface area contributed by atoms with Gasteiger partial charge in [0.2, 0.25) is 11.8 Å². The van der Waals surface area contributed by atoms with Crippen LogP contribution in [0.1, 0.15) is 20.8 Å². The van der Waals surface area contributed by atoms with E-state index in [1.807, 2.05) is 0 Å². The molecule has 0 aliphatic heterocycles. The lowest BCUT2D eigenvalue weighted by Gasteiger charge is -2.23. The van der Waals surface area contributed by atoms with E-state index in [2.05, 4.69) is 0 Å². The Balaban J connectivity index is 4.06. The Morgan fingerprint density at radius 2 is 1.69 bits per heavy atom. The van der Waals surface area contributed by atoms with Crippen LogP contribution >= 0.6 is 23.6 Å². The molecule has 0 heterocycles. The van der Waals surface area contributed by atoms with E-state index in [4.69, 9.17) is 23.6 Å². The number of carbonyl (C=O) groups is 2. The molecule has 0 rings (SSSR count). The average Bonchev–Trinajstić information content (AvgIpc) is 2.02. The molecule has 2 amide bonds. The van der Waals surface area contributed by atoms with Gasteiger partial charge in [-0.05, 0) is 6.92 Å². The zero-order valence-electron chi connectivity index (χ0n) is 7.75. The maximum absolute atomic E-state index is 10.8. The van der Waals surface area contributed by atoms with Gasteiger partial charge in [0.05, 0.1) is 12.6 Å². The SMILES string of the molecule is CC(=O)N(Cl)CC(C)N(Cl)C(C)=O. The van der Waals surface area contributed by atoms with Crippen molar-refractivity contribution in [3.63, 3.8) is 0 Å². The fourth-order valence-electron chi connectivity index (χ4n) is 0.743. The predicted molar refractivity (Wildman–Crippen MR) is 51.1 cm³/mol. The molecular formula is C7H12Cl2N2O2. The summed E-state index contributed by atoms with van der Waals surface area (Å²) in [6.45, 7) is 4.59. The molecule has 0 aromatic carbocycles. The van der Waals surface area contributed by atoms with Crippen molar-refractivity contribution in [3.8, 4) is 0 Å². The zero-order valence-corrected chi connectivity index (χ0v) is 9.26. The van der Waals surface area contributed by atoms with E-state index in [-0.39, 0.29) is 24.4 Å². The van der Waals surface area contributed by atoms with Crippen LogP contribution in [0, 0.1) is 0 Å². The number of amides is 2. The molecule has 0 saturated carbocycles. The number of carbonyl (C=O) groups excluding carboxylic acids is 2. The summed E-state index contributed by atoms with van der Waals surface area (Å²) in [5, 5.41) is 0. The number of rotatable bonds is 3. The first-order valence-corrected chi connectivity index (χ1v) is 4.43. The molecule has 1 atom stereocenters. The summed E-state index contributed by atoms with van der Waals surface area (Å²) in [5.41, 5.74) is 0. The van der Waals surface area contributed by atoms with E-state index >= 15 is 0 Å². The highest BCUT2D eigenvalue weighted by molar-refractivity contribution is 6.22. The summed E-state index contributed by atoms with van der Waals surface area (Å²) in [7, 11) is 0. The first-order chi connectivity index (χ1) is 5.86. The third-order valence-electron chi connectivity index (χ3n) is 1.45. The zero-order chi connectivity index (χ0) is 10.6. The topological polar surface area (TPSA) is 40.6 Å². The van der Waals surface area contributed by atoms with Crippen LogP contribution < -0.4 is 0 Å². The van der Waals surface area contributed by atoms with Gasteiger partial charge in [0, 0.05) is 37.4 Å². The van der Waals surface area contributed by atoms with Crippen molar-refractivity contribution in [3.05, 3.63) is 0 Å².